The molecule has 8 heteroatoms. The topological polar surface area (TPSA) is 81.5 Å². The van der Waals surface area contributed by atoms with E-state index in [0.717, 1.165) is 0 Å². The summed E-state index contributed by atoms with van der Waals surface area (Å²) in [4.78, 5) is 14.3. The van der Waals surface area contributed by atoms with E-state index < -0.39 is 9.84 Å². The monoisotopic (exact) mass is 315 g/mol. The molecule has 0 bridgehead atoms. The van der Waals surface area contributed by atoms with Gasteiger partial charge in [0, 0.05) is 32.9 Å². The van der Waals surface area contributed by atoms with Crippen molar-refractivity contribution in [3.05, 3.63) is 17.5 Å². The summed E-state index contributed by atoms with van der Waals surface area (Å²) in [6, 6.07) is -0.280. The van der Waals surface area contributed by atoms with Crippen LogP contribution in [0.15, 0.2) is 6.20 Å². The van der Waals surface area contributed by atoms with Crippen LogP contribution in [0.4, 0.5) is 0 Å². The standard InChI is InChI=1S/C13H21N3O4S/c1-10-12(8-15(2)14-10)13(17)16(5-6-20-3)11-4-7-21(18,19)9-11/h8,11H,4-7,9H2,1-3H3. The molecule has 1 fully saturated rings. The first-order chi connectivity index (χ1) is 9.84. The smallest absolute Gasteiger partial charge is 0.257 e. The first-order valence-electron chi connectivity index (χ1n) is 6.84. The molecule has 2 heterocycles. The molecule has 0 radical (unpaired) electrons. The first-order valence-corrected chi connectivity index (χ1v) is 8.67. The Hall–Kier alpha value is -1.41. The molecule has 1 saturated heterocycles. The zero-order valence-electron chi connectivity index (χ0n) is 12.6. The number of amides is 1. The lowest BCUT2D eigenvalue weighted by molar-refractivity contribution is 0.0623. The van der Waals surface area contributed by atoms with E-state index in [1.165, 1.54) is 0 Å². The van der Waals surface area contributed by atoms with Crippen molar-refractivity contribution < 1.29 is 17.9 Å². The van der Waals surface area contributed by atoms with Crippen LogP contribution in [0.5, 0.6) is 0 Å². The fourth-order valence-corrected chi connectivity index (χ4v) is 4.36. The van der Waals surface area contributed by atoms with Gasteiger partial charge in [-0.3, -0.25) is 9.48 Å². The zero-order chi connectivity index (χ0) is 15.6. The van der Waals surface area contributed by atoms with Gasteiger partial charge in [-0.25, -0.2) is 8.42 Å². The number of sulfone groups is 1. The van der Waals surface area contributed by atoms with Crippen molar-refractivity contribution in [1.29, 1.82) is 0 Å². The molecule has 1 aromatic rings. The third-order valence-electron chi connectivity index (χ3n) is 3.69. The highest BCUT2D eigenvalue weighted by molar-refractivity contribution is 7.91. The van der Waals surface area contributed by atoms with Gasteiger partial charge < -0.3 is 9.64 Å². The Morgan fingerprint density at radius 2 is 2.29 bits per heavy atom. The number of aromatic nitrogens is 2. The molecule has 7 nitrogen and oxygen atoms in total. The van der Waals surface area contributed by atoms with Gasteiger partial charge in [0.15, 0.2) is 9.84 Å². The largest absolute Gasteiger partial charge is 0.383 e. The molecule has 0 aliphatic carbocycles. The normalized spacial score (nSPS) is 20.6. The molecule has 1 aliphatic heterocycles. The van der Waals surface area contributed by atoms with Crippen LogP contribution in [0.3, 0.4) is 0 Å². The molecule has 118 valence electrons. The summed E-state index contributed by atoms with van der Waals surface area (Å²) < 4.78 is 30.0. The van der Waals surface area contributed by atoms with Crippen LogP contribution >= 0.6 is 0 Å². The second-order valence-corrected chi connectivity index (χ2v) is 7.58. The maximum absolute atomic E-state index is 12.7. The van der Waals surface area contributed by atoms with Gasteiger partial charge in [-0.1, -0.05) is 0 Å². The van der Waals surface area contributed by atoms with Crippen molar-refractivity contribution in [2.75, 3.05) is 31.8 Å². The quantitative estimate of drug-likeness (QED) is 0.764. The minimum atomic E-state index is -3.04. The summed E-state index contributed by atoms with van der Waals surface area (Å²) in [6.45, 7) is 2.53. The summed E-state index contributed by atoms with van der Waals surface area (Å²) in [6.07, 6.45) is 2.15. The Bertz CT molecular complexity index is 623. The molecule has 1 aliphatic rings. The lowest BCUT2D eigenvalue weighted by atomic mass is 10.1. The molecule has 0 aromatic carbocycles. The van der Waals surface area contributed by atoms with E-state index in [2.05, 4.69) is 5.10 Å². The highest BCUT2D eigenvalue weighted by atomic mass is 32.2. The van der Waals surface area contributed by atoms with Crippen molar-refractivity contribution in [2.24, 2.45) is 7.05 Å². The minimum absolute atomic E-state index is 0.0295. The van der Waals surface area contributed by atoms with Gasteiger partial charge >= 0.3 is 0 Å². The van der Waals surface area contributed by atoms with Crippen LogP contribution in [0.25, 0.3) is 0 Å². The average molecular weight is 315 g/mol. The van der Waals surface area contributed by atoms with E-state index in [1.54, 1.807) is 36.9 Å². The van der Waals surface area contributed by atoms with Crippen molar-refractivity contribution in [3.63, 3.8) is 0 Å². The number of rotatable bonds is 5. The van der Waals surface area contributed by atoms with Gasteiger partial charge in [-0.05, 0) is 13.3 Å². The molecule has 21 heavy (non-hydrogen) atoms. The Kier molecular flexibility index (Phi) is 4.67. The number of hydrogen-bond donors (Lipinski definition) is 0. The molecule has 1 atom stereocenters. The summed E-state index contributed by atoms with van der Waals surface area (Å²) >= 11 is 0. The number of carbonyl (C=O) groups excluding carboxylic acids is 1. The second kappa shape index (κ2) is 6.15. The maximum atomic E-state index is 12.7. The second-order valence-electron chi connectivity index (χ2n) is 5.35. The van der Waals surface area contributed by atoms with Gasteiger partial charge in [0.1, 0.15) is 0 Å². The van der Waals surface area contributed by atoms with Gasteiger partial charge in [0.25, 0.3) is 5.91 Å². The number of carbonyl (C=O) groups is 1. The highest BCUT2D eigenvalue weighted by Crippen LogP contribution is 2.20. The third-order valence-corrected chi connectivity index (χ3v) is 5.44. The molecule has 1 aromatic heterocycles. The molecule has 0 N–H and O–H groups in total. The summed E-state index contributed by atoms with van der Waals surface area (Å²) in [5.74, 6) is -0.0119. The summed E-state index contributed by atoms with van der Waals surface area (Å²) in [5.41, 5.74) is 1.16. The van der Waals surface area contributed by atoms with E-state index in [9.17, 15) is 13.2 Å². The fraction of sp³-hybridized carbons (Fsp3) is 0.692. The predicted molar refractivity (Wildman–Crippen MR) is 77.9 cm³/mol. The van der Waals surface area contributed by atoms with E-state index in [1.807, 2.05) is 0 Å². The van der Waals surface area contributed by atoms with Crippen molar-refractivity contribution in [1.82, 2.24) is 14.7 Å². The summed E-state index contributed by atoms with van der Waals surface area (Å²) in [7, 11) is 0.270. The van der Waals surface area contributed by atoms with Crippen LogP contribution < -0.4 is 0 Å². The molecule has 0 saturated carbocycles. The van der Waals surface area contributed by atoms with Crippen molar-refractivity contribution >= 4 is 15.7 Å². The molecule has 2 rings (SSSR count). The van der Waals surface area contributed by atoms with Gasteiger partial charge in [-0.2, -0.15) is 5.10 Å². The predicted octanol–water partition coefficient (Wildman–Crippen LogP) is 0.00422. The highest BCUT2D eigenvalue weighted by Gasteiger charge is 2.35. The fourth-order valence-electron chi connectivity index (χ4n) is 2.63. The van der Waals surface area contributed by atoms with Crippen LogP contribution in [0.1, 0.15) is 22.5 Å². The van der Waals surface area contributed by atoms with Gasteiger partial charge in [-0.15, -0.1) is 0 Å². The lowest BCUT2D eigenvalue weighted by Gasteiger charge is -2.27. The minimum Gasteiger partial charge on any atom is -0.383 e. The number of aryl methyl sites for hydroxylation is 2. The number of ether oxygens (including phenoxy) is 1. The van der Waals surface area contributed by atoms with Crippen LogP contribution in [-0.4, -0.2) is 66.8 Å². The number of nitrogens with zero attached hydrogens (tertiary/aromatic N) is 3. The Morgan fingerprint density at radius 3 is 2.76 bits per heavy atom. The molecule has 1 unspecified atom stereocenters. The van der Waals surface area contributed by atoms with Crippen LogP contribution in [-0.2, 0) is 21.6 Å². The third kappa shape index (κ3) is 3.62. The molecular formula is C13H21N3O4S. The summed E-state index contributed by atoms with van der Waals surface area (Å²) in [5, 5.41) is 4.17. The van der Waals surface area contributed by atoms with Gasteiger partial charge in [0.05, 0.1) is 29.4 Å². The van der Waals surface area contributed by atoms with Crippen LogP contribution in [0.2, 0.25) is 0 Å². The first kappa shape index (κ1) is 16.0. The lowest BCUT2D eigenvalue weighted by Crippen LogP contribution is -2.43. The van der Waals surface area contributed by atoms with Crippen molar-refractivity contribution in [3.8, 4) is 0 Å². The van der Waals surface area contributed by atoms with E-state index in [0.29, 0.717) is 30.8 Å². The Morgan fingerprint density at radius 1 is 1.57 bits per heavy atom. The molecule has 1 amide bonds. The van der Waals surface area contributed by atoms with E-state index in [-0.39, 0.29) is 23.5 Å². The Balaban J connectivity index is 2.23. The number of hydrogen-bond acceptors (Lipinski definition) is 5. The zero-order valence-corrected chi connectivity index (χ0v) is 13.4. The van der Waals surface area contributed by atoms with Gasteiger partial charge in [0.2, 0.25) is 0 Å². The molecule has 0 spiro atoms. The van der Waals surface area contributed by atoms with E-state index in [4.69, 9.17) is 4.74 Å². The van der Waals surface area contributed by atoms with Crippen molar-refractivity contribution in [2.45, 2.75) is 19.4 Å². The Labute approximate surface area is 124 Å². The van der Waals surface area contributed by atoms with Crippen LogP contribution in [0, 0.1) is 6.92 Å². The SMILES string of the molecule is COCCN(C(=O)c1cn(C)nc1C)C1CCS(=O)(=O)C1. The van der Waals surface area contributed by atoms with E-state index >= 15 is 0 Å². The maximum Gasteiger partial charge on any atom is 0.257 e. The molecular weight excluding hydrogens is 294 g/mol. The number of methoxy groups -OCH3 is 1. The average Bonchev–Trinajstić information content (AvgIpc) is 2.92.